The monoisotopic (exact) mass is 211 g/mol. The first-order valence-corrected chi connectivity index (χ1v) is 5.68. The van der Waals surface area contributed by atoms with Crippen molar-refractivity contribution in [3.63, 3.8) is 0 Å². The van der Waals surface area contributed by atoms with Crippen LogP contribution in [0.4, 0.5) is 0 Å². The second-order valence-corrected chi connectivity index (χ2v) is 4.38. The number of aliphatic hydroxyl groups is 1. The van der Waals surface area contributed by atoms with Gasteiger partial charge in [0, 0.05) is 31.0 Å². The van der Waals surface area contributed by atoms with Crippen LogP contribution in [0.1, 0.15) is 16.8 Å². The SMILES string of the molecule is O=C(c1ccsc1)N1CC[C@@H](CO)C1. The average molecular weight is 211 g/mol. The van der Waals surface area contributed by atoms with Crippen molar-refractivity contribution in [2.45, 2.75) is 6.42 Å². The number of rotatable bonds is 2. The van der Waals surface area contributed by atoms with Gasteiger partial charge in [-0.05, 0) is 17.9 Å². The van der Waals surface area contributed by atoms with Crippen molar-refractivity contribution < 1.29 is 9.90 Å². The summed E-state index contributed by atoms with van der Waals surface area (Å²) in [5.41, 5.74) is 0.772. The van der Waals surface area contributed by atoms with E-state index in [1.165, 1.54) is 11.3 Å². The summed E-state index contributed by atoms with van der Waals surface area (Å²) in [6.07, 6.45) is 0.923. The number of carbonyl (C=O) groups excluding carboxylic acids is 1. The van der Waals surface area contributed by atoms with Crippen molar-refractivity contribution in [3.05, 3.63) is 22.4 Å². The van der Waals surface area contributed by atoms with Crippen molar-refractivity contribution in [2.75, 3.05) is 19.7 Å². The highest BCUT2D eigenvalue weighted by molar-refractivity contribution is 7.08. The van der Waals surface area contributed by atoms with E-state index < -0.39 is 0 Å². The zero-order valence-electron chi connectivity index (χ0n) is 7.85. The minimum atomic E-state index is 0.0993. The lowest BCUT2D eigenvalue weighted by Gasteiger charge is -2.14. The van der Waals surface area contributed by atoms with Crippen LogP contribution in [-0.2, 0) is 0 Å². The van der Waals surface area contributed by atoms with Crippen LogP contribution in [-0.4, -0.2) is 35.6 Å². The standard InChI is InChI=1S/C10H13NO2S/c12-6-8-1-3-11(5-8)10(13)9-2-4-14-7-9/h2,4,7-8,12H,1,3,5-6H2/t8-/m1/s1. The first kappa shape index (κ1) is 9.68. The van der Waals surface area contributed by atoms with Gasteiger partial charge in [0.05, 0.1) is 5.56 Å². The Morgan fingerprint density at radius 1 is 1.71 bits per heavy atom. The fourth-order valence-corrected chi connectivity index (χ4v) is 2.36. The highest BCUT2D eigenvalue weighted by atomic mass is 32.1. The maximum atomic E-state index is 11.8. The number of hydrogen-bond acceptors (Lipinski definition) is 3. The number of hydrogen-bond donors (Lipinski definition) is 1. The Hall–Kier alpha value is -0.870. The Morgan fingerprint density at radius 2 is 2.57 bits per heavy atom. The largest absolute Gasteiger partial charge is 0.396 e. The summed E-state index contributed by atoms with van der Waals surface area (Å²) in [6.45, 7) is 1.67. The lowest BCUT2D eigenvalue weighted by atomic mass is 10.1. The van der Waals surface area contributed by atoms with Crippen LogP contribution in [0.15, 0.2) is 16.8 Å². The third kappa shape index (κ3) is 1.81. The number of likely N-dealkylation sites (tertiary alicyclic amines) is 1. The lowest BCUT2D eigenvalue weighted by molar-refractivity contribution is 0.0782. The number of aliphatic hydroxyl groups excluding tert-OH is 1. The molecule has 1 aliphatic rings. The number of nitrogens with zero attached hydrogens (tertiary/aromatic N) is 1. The second kappa shape index (κ2) is 4.11. The molecule has 1 saturated heterocycles. The average Bonchev–Trinajstić information content (AvgIpc) is 2.88. The minimum Gasteiger partial charge on any atom is -0.396 e. The van der Waals surface area contributed by atoms with Crippen molar-refractivity contribution in [1.82, 2.24) is 4.90 Å². The normalized spacial score (nSPS) is 21.5. The molecule has 0 radical (unpaired) electrons. The van der Waals surface area contributed by atoms with Crippen LogP contribution in [0, 0.1) is 5.92 Å². The van der Waals surface area contributed by atoms with E-state index >= 15 is 0 Å². The molecule has 1 aromatic heterocycles. The van der Waals surface area contributed by atoms with Crippen molar-refractivity contribution >= 4 is 17.2 Å². The zero-order valence-corrected chi connectivity index (χ0v) is 8.67. The molecule has 76 valence electrons. The van der Waals surface area contributed by atoms with E-state index in [-0.39, 0.29) is 18.4 Å². The quantitative estimate of drug-likeness (QED) is 0.798. The molecule has 0 bridgehead atoms. The topological polar surface area (TPSA) is 40.5 Å². The molecule has 0 saturated carbocycles. The third-order valence-electron chi connectivity index (χ3n) is 2.60. The molecule has 2 heterocycles. The zero-order chi connectivity index (χ0) is 9.97. The van der Waals surface area contributed by atoms with Crippen molar-refractivity contribution in [1.29, 1.82) is 0 Å². The van der Waals surface area contributed by atoms with E-state index in [2.05, 4.69) is 0 Å². The fourth-order valence-electron chi connectivity index (χ4n) is 1.73. The highest BCUT2D eigenvalue weighted by Crippen LogP contribution is 2.19. The molecule has 1 fully saturated rings. The number of amides is 1. The molecule has 1 N–H and O–H groups in total. The van der Waals surface area contributed by atoms with E-state index in [1.807, 2.05) is 21.7 Å². The Kier molecular flexibility index (Phi) is 2.84. The Bertz CT molecular complexity index is 310. The summed E-state index contributed by atoms with van der Waals surface area (Å²) in [6, 6.07) is 1.85. The van der Waals surface area contributed by atoms with Crippen LogP contribution in [0.25, 0.3) is 0 Å². The molecule has 0 unspecified atom stereocenters. The predicted octanol–water partition coefficient (Wildman–Crippen LogP) is 1.20. The molecule has 0 aliphatic carbocycles. The summed E-state index contributed by atoms with van der Waals surface area (Å²) in [4.78, 5) is 13.6. The predicted molar refractivity (Wildman–Crippen MR) is 55.4 cm³/mol. The molecule has 2 rings (SSSR count). The molecule has 0 aromatic carbocycles. The minimum absolute atomic E-state index is 0.0993. The maximum Gasteiger partial charge on any atom is 0.254 e. The van der Waals surface area contributed by atoms with Crippen molar-refractivity contribution in [2.24, 2.45) is 5.92 Å². The molecule has 1 amide bonds. The van der Waals surface area contributed by atoms with Gasteiger partial charge in [0.2, 0.25) is 0 Å². The molecule has 1 aromatic rings. The van der Waals surface area contributed by atoms with E-state index in [0.29, 0.717) is 6.54 Å². The molecule has 0 spiro atoms. The molecule has 4 heteroatoms. The molecule has 1 atom stereocenters. The van der Waals surface area contributed by atoms with Crippen LogP contribution < -0.4 is 0 Å². The van der Waals surface area contributed by atoms with E-state index in [9.17, 15) is 4.79 Å². The van der Waals surface area contributed by atoms with Gasteiger partial charge in [-0.2, -0.15) is 11.3 Å². The van der Waals surface area contributed by atoms with E-state index in [1.54, 1.807) is 0 Å². The summed E-state index contributed by atoms with van der Waals surface area (Å²) < 4.78 is 0. The van der Waals surface area contributed by atoms with E-state index in [4.69, 9.17) is 5.11 Å². The van der Waals surface area contributed by atoms with Gasteiger partial charge in [0.1, 0.15) is 0 Å². The fraction of sp³-hybridized carbons (Fsp3) is 0.500. The van der Waals surface area contributed by atoms with Crippen LogP contribution in [0.2, 0.25) is 0 Å². The van der Waals surface area contributed by atoms with Crippen LogP contribution in [0.3, 0.4) is 0 Å². The first-order valence-electron chi connectivity index (χ1n) is 4.73. The molecular formula is C10H13NO2S. The molecule has 1 aliphatic heterocycles. The summed E-state index contributed by atoms with van der Waals surface area (Å²) >= 11 is 1.54. The van der Waals surface area contributed by atoms with Crippen molar-refractivity contribution in [3.8, 4) is 0 Å². The van der Waals surface area contributed by atoms with Gasteiger partial charge in [-0.15, -0.1) is 0 Å². The van der Waals surface area contributed by atoms with Gasteiger partial charge in [0.15, 0.2) is 0 Å². The van der Waals surface area contributed by atoms with E-state index in [0.717, 1.165) is 18.5 Å². The molecular weight excluding hydrogens is 198 g/mol. The Balaban J connectivity index is 2.00. The molecule has 3 nitrogen and oxygen atoms in total. The summed E-state index contributed by atoms with van der Waals surface area (Å²) in [5, 5.41) is 12.7. The third-order valence-corrected chi connectivity index (χ3v) is 3.28. The molecule has 14 heavy (non-hydrogen) atoms. The van der Waals surface area contributed by atoms with Crippen LogP contribution in [0.5, 0.6) is 0 Å². The Morgan fingerprint density at radius 3 is 3.14 bits per heavy atom. The summed E-state index contributed by atoms with van der Waals surface area (Å²) in [7, 11) is 0. The van der Waals surface area contributed by atoms with Gasteiger partial charge >= 0.3 is 0 Å². The van der Waals surface area contributed by atoms with Gasteiger partial charge in [0.25, 0.3) is 5.91 Å². The van der Waals surface area contributed by atoms with Gasteiger partial charge in [-0.1, -0.05) is 0 Å². The highest BCUT2D eigenvalue weighted by Gasteiger charge is 2.26. The smallest absolute Gasteiger partial charge is 0.254 e. The number of carbonyl (C=O) groups is 1. The maximum absolute atomic E-state index is 11.8. The van der Waals surface area contributed by atoms with Crippen LogP contribution >= 0.6 is 11.3 Å². The van der Waals surface area contributed by atoms with Gasteiger partial charge < -0.3 is 10.0 Å². The lowest BCUT2D eigenvalue weighted by Crippen LogP contribution is -2.28. The summed E-state index contributed by atoms with van der Waals surface area (Å²) in [5.74, 6) is 0.375. The second-order valence-electron chi connectivity index (χ2n) is 3.60. The number of thiophene rings is 1. The van der Waals surface area contributed by atoms with Gasteiger partial charge in [-0.3, -0.25) is 4.79 Å². The first-order chi connectivity index (χ1) is 6.81. The Labute approximate surface area is 87.0 Å². The van der Waals surface area contributed by atoms with Gasteiger partial charge in [-0.25, -0.2) is 0 Å².